The maximum absolute atomic E-state index is 13.1. The number of halogens is 4. The van der Waals surface area contributed by atoms with E-state index in [1.165, 1.54) is 6.07 Å². The lowest BCUT2D eigenvalue weighted by molar-refractivity contribution is 0.381. The second kappa shape index (κ2) is 4.51. The van der Waals surface area contributed by atoms with Crippen LogP contribution in [0.25, 0.3) is 0 Å². The average molecular weight is 314 g/mol. The van der Waals surface area contributed by atoms with E-state index in [2.05, 4.69) is 31.9 Å². The first kappa shape index (κ1) is 11.1. The maximum Gasteiger partial charge on any atom is 0.138 e. The minimum absolute atomic E-state index is 0.188. The topological polar surface area (TPSA) is 0 Å². The minimum atomic E-state index is -1.15. The molecule has 1 atom stereocenters. The van der Waals surface area contributed by atoms with Crippen molar-refractivity contribution in [2.75, 3.05) is 5.33 Å². The van der Waals surface area contributed by atoms with Crippen molar-refractivity contribution in [2.24, 2.45) is 0 Å². The smallest absolute Gasteiger partial charge is 0.138 e. The quantitative estimate of drug-likeness (QED) is 0.714. The number of hydrogen-bond acceptors (Lipinski definition) is 0. The first-order chi connectivity index (χ1) is 6.06. The predicted octanol–water partition coefficient (Wildman–Crippen LogP) is 4.30. The molecule has 0 aliphatic heterocycles. The van der Waals surface area contributed by atoms with Gasteiger partial charge in [0.05, 0.1) is 4.47 Å². The third-order valence-electron chi connectivity index (χ3n) is 1.73. The van der Waals surface area contributed by atoms with Crippen molar-refractivity contribution >= 4 is 31.9 Å². The molecule has 0 fully saturated rings. The van der Waals surface area contributed by atoms with Crippen LogP contribution in [0.15, 0.2) is 16.6 Å². The monoisotopic (exact) mass is 312 g/mol. The van der Waals surface area contributed by atoms with Gasteiger partial charge in [-0.2, -0.15) is 0 Å². The van der Waals surface area contributed by atoms with Gasteiger partial charge in [0.1, 0.15) is 12.0 Å². The molecule has 13 heavy (non-hydrogen) atoms. The lowest BCUT2D eigenvalue weighted by Gasteiger charge is -2.07. The van der Waals surface area contributed by atoms with Gasteiger partial charge in [-0.3, -0.25) is 0 Å². The third kappa shape index (κ3) is 2.50. The second-order valence-corrected chi connectivity index (χ2v) is 4.20. The Bertz CT molecular complexity index is 289. The van der Waals surface area contributed by atoms with Gasteiger partial charge < -0.3 is 0 Å². The Morgan fingerprint density at radius 3 is 2.54 bits per heavy atom. The largest absolute Gasteiger partial charge is 0.241 e. The highest BCUT2D eigenvalue weighted by molar-refractivity contribution is 9.10. The van der Waals surface area contributed by atoms with Gasteiger partial charge in [0.15, 0.2) is 0 Å². The summed E-state index contributed by atoms with van der Waals surface area (Å²) in [6, 6.07) is 2.85. The maximum atomic E-state index is 13.1. The van der Waals surface area contributed by atoms with E-state index in [-0.39, 0.29) is 5.33 Å². The number of alkyl halides is 2. The molecule has 0 heterocycles. The lowest BCUT2D eigenvalue weighted by atomic mass is 10.1. The van der Waals surface area contributed by atoms with E-state index in [0.717, 1.165) is 0 Å². The van der Waals surface area contributed by atoms with Gasteiger partial charge in [-0.15, -0.1) is 0 Å². The molecule has 0 amide bonds. The van der Waals surface area contributed by atoms with Gasteiger partial charge in [0.25, 0.3) is 0 Å². The van der Waals surface area contributed by atoms with Gasteiger partial charge in [-0.25, -0.2) is 8.78 Å². The molecule has 0 bridgehead atoms. The summed E-state index contributed by atoms with van der Waals surface area (Å²) < 4.78 is 26.6. The zero-order valence-corrected chi connectivity index (χ0v) is 10.1. The molecule has 0 aromatic heterocycles. The molecular weight excluding hydrogens is 306 g/mol. The summed E-state index contributed by atoms with van der Waals surface area (Å²) in [5, 5.41) is 0.188. The van der Waals surface area contributed by atoms with Gasteiger partial charge in [0, 0.05) is 5.33 Å². The zero-order chi connectivity index (χ0) is 10.0. The van der Waals surface area contributed by atoms with E-state index in [9.17, 15) is 8.78 Å². The fraction of sp³-hybridized carbons (Fsp3) is 0.333. The van der Waals surface area contributed by atoms with Gasteiger partial charge >= 0.3 is 0 Å². The lowest BCUT2D eigenvalue weighted by Crippen LogP contribution is -1.95. The van der Waals surface area contributed by atoms with Crippen LogP contribution in [-0.2, 0) is 0 Å². The molecule has 0 radical (unpaired) electrons. The number of aryl methyl sites for hydroxylation is 1. The van der Waals surface area contributed by atoms with E-state index in [1.54, 1.807) is 13.0 Å². The molecule has 0 aliphatic rings. The Kier molecular flexibility index (Phi) is 3.86. The Labute approximate surface area is 92.6 Å². The summed E-state index contributed by atoms with van der Waals surface area (Å²) in [5.74, 6) is -0.418. The fourth-order valence-electron chi connectivity index (χ4n) is 1.02. The van der Waals surface area contributed by atoms with E-state index in [4.69, 9.17) is 0 Å². The van der Waals surface area contributed by atoms with Crippen LogP contribution < -0.4 is 0 Å². The van der Waals surface area contributed by atoms with Crippen LogP contribution in [0.5, 0.6) is 0 Å². The summed E-state index contributed by atoms with van der Waals surface area (Å²) in [7, 11) is 0. The van der Waals surface area contributed by atoms with Crippen molar-refractivity contribution in [2.45, 2.75) is 13.1 Å². The van der Waals surface area contributed by atoms with Crippen LogP contribution in [0.3, 0.4) is 0 Å². The molecule has 0 N–H and O–H groups in total. The van der Waals surface area contributed by atoms with Crippen LogP contribution in [0.1, 0.15) is 17.3 Å². The Hall–Kier alpha value is 0.0400. The molecule has 1 aromatic carbocycles. The highest BCUT2D eigenvalue weighted by atomic mass is 79.9. The van der Waals surface area contributed by atoms with E-state index in [1.807, 2.05) is 0 Å². The molecule has 1 unspecified atom stereocenters. The van der Waals surface area contributed by atoms with Crippen molar-refractivity contribution < 1.29 is 8.78 Å². The minimum Gasteiger partial charge on any atom is -0.241 e. The molecular formula is C9H8Br2F2. The van der Waals surface area contributed by atoms with Crippen LogP contribution in [0.2, 0.25) is 0 Å². The molecule has 0 nitrogen and oxygen atoms in total. The highest BCUT2D eigenvalue weighted by Gasteiger charge is 2.12. The fourth-order valence-corrected chi connectivity index (χ4v) is 1.63. The number of rotatable bonds is 2. The summed E-state index contributed by atoms with van der Waals surface area (Å²) in [5.41, 5.74) is 1.08. The standard InChI is InChI=1S/C9H8Br2F2/c1-5-2-6(8(13)4-10)3-7(12)9(5)11/h2-3,8H,4H2,1H3. The summed E-state index contributed by atoms with van der Waals surface area (Å²) in [6.45, 7) is 1.73. The van der Waals surface area contributed by atoms with Gasteiger partial charge in [-0.1, -0.05) is 22.0 Å². The second-order valence-electron chi connectivity index (χ2n) is 2.76. The van der Waals surface area contributed by atoms with Crippen molar-refractivity contribution in [1.82, 2.24) is 0 Å². The average Bonchev–Trinajstić information content (AvgIpc) is 2.12. The zero-order valence-electron chi connectivity index (χ0n) is 6.95. The van der Waals surface area contributed by atoms with E-state index < -0.39 is 12.0 Å². The molecule has 0 spiro atoms. The summed E-state index contributed by atoms with van der Waals surface area (Å²) >= 11 is 6.09. The molecule has 0 aliphatic carbocycles. The van der Waals surface area contributed by atoms with Crippen LogP contribution in [0, 0.1) is 12.7 Å². The van der Waals surface area contributed by atoms with Crippen molar-refractivity contribution in [3.8, 4) is 0 Å². The predicted molar refractivity (Wildman–Crippen MR) is 56.5 cm³/mol. The van der Waals surface area contributed by atoms with Crippen molar-refractivity contribution in [3.05, 3.63) is 33.5 Å². The molecule has 1 rings (SSSR count). The summed E-state index contributed by atoms with van der Waals surface area (Å²) in [6.07, 6.45) is -1.15. The Morgan fingerprint density at radius 1 is 1.46 bits per heavy atom. The first-order valence-electron chi connectivity index (χ1n) is 3.72. The Balaban J connectivity index is 3.13. The SMILES string of the molecule is Cc1cc(C(F)CBr)cc(F)c1Br. The van der Waals surface area contributed by atoms with Gasteiger partial charge in [-0.05, 0) is 40.0 Å². The van der Waals surface area contributed by atoms with Crippen LogP contribution >= 0.6 is 31.9 Å². The molecule has 1 aromatic rings. The third-order valence-corrected chi connectivity index (χ3v) is 3.30. The number of benzene rings is 1. The van der Waals surface area contributed by atoms with Crippen molar-refractivity contribution in [1.29, 1.82) is 0 Å². The Morgan fingerprint density at radius 2 is 2.08 bits per heavy atom. The van der Waals surface area contributed by atoms with Gasteiger partial charge in [0.2, 0.25) is 0 Å². The molecule has 0 saturated carbocycles. The van der Waals surface area contributed by atoms with Crippen LogP contribution in [-0.4, -0.2) is 5.33 Å². The normalized spacial score (nSPS) is 13.0. The van der Waals surface area contributed by atoms with E-state index in [0.29, 0.717) is 15.6 Å². The highest BCUT2D eigenvalue weighted by Crippen LogP contribution is 2.27. The molecule has 4 heteroatoms. The molecule has 72 valence electrons. The van der Waals surface area contributed by atoms with E-state index >= 15 is 0 Å². The van der Waals surface area contributed by atoms with Crippen LogP contribution in [0.4, 0.5) is 8.78 Å². The van der Waals surface area contributed by atoms with Crippen molar-refractivity contribution in [3.63, 3.8) is 0 Å². The summed E-state index contributed by atoms with van der Waals surface area (Å²) in [4.78, 5) is 0. The molecule has 0 saturated heterocycles. The number of hydrogen-bond donors (Lipinski definition) is 0. The first-order valence-corrected chi connectivity index (χ1v) is 5.63.